The lowest BCUT2D eigenvalue weighted by Crippen LogP contribution is -2.53. The van der Waals surface area contributed by atoms with E-state index in [0.29, 0.717) is 18.2 Å². The Kier molecular flexibility index (Phi) is 3.55. The fourth-order valence-electron chi connectivity index (χ4n) is 2.79. The van der Waals surface area contributed by atoms with Gasteiger partial charge in [-0.25, -0.2) is 4.98 Å². The molecule has 21 heavy (non-hydrogen) atoms. The summed E-state index contributed by atoms with van der Waals surface area (Å²) in [5.74, 6) is 0.907. The molecular weight excluding hydrogens is 282 g/mol. The molecule has 5 heteroatoms. The monoisotopic (exact) mass is 301 g/mol. The number of thiocarbonyl (C=S) groups is 1. The number of rotatable bonds is 2. The third-order valence-electron chi connectivity index (χ3n) is 3.89. The van der Waals surface area contributed by atoms with Gasteiger partial charge in [0.25, 0.3) is 0 Å². The molecule has 1 aromatic carbocycles. The van der Waals surface area contributed by atoms with Crippen LogP contribution in [0.5, 0.6) is 0 Å². The molecule has 0 atom stereocenters. The SMILES string of the molecule is CC1(C)COCCN1c1cc(C(N)=S)c2ccccc2n1. The number of para-hydroxylation sites is 1. The van der Waals surface area contributed by atoms with Gasteiger partial charge >= 0.3 is 0 Å². The number of hydrogen-bond donors (Lipinski definition) is 1. The summed E-state index contributed by atoms with van der Waals surface area (Å²) in [5, 5.41) is 1.000. The van der Waals surface area contributed by atoms with Crippen molar-refractivity contribution in [3.8, 4) is 0 Å². The van der Waals surface area contributed by atoms with Crippen molar-refractivity contribution in [2.45, 2.75) is 19.4 Å². The Morgan fingerprint density at radius 2 is 2.14 bits per heavy atom. The van der Waals surface area contributed by atoms with Crippen LogP contribution in [0, 0.1) is 0 Å². The van der Waals surface area contributed by atoms with E-state index in [9.17, 15) is 0 Å². The molecule has 1 saturated heterocycles. The lowest BCUT2D eigenvalue weighted by molar-refractivity contribution is 0.0639. The van der Waals surface area contributed by atoms with Gasteiger partial charge in [0.05, 0.1) is 24.3 Å². The van der Waals surface area contributed by atoms with E-state index in [1.807, 2.05) is 30.3 Å². The van der Waals surface area contributed by atoms with Crippen molar-refractivity contribution in [3.63, 3.8) is 0 Å². The molecule has 0 radical (unpaired) electrons. The predicted molar refractivity (Wildman–Crippen MR) is 89.9 cm³/mol. The Hall–Kier alpha value is -1.72. The average molecular weight is 301 g/mol. The van der Waals surface area contributed by atoms with Gasteiger partial charge in [-0.1, -0.05) is 30.4 Å². The smallest absolute Gasteiger partial charge is 0.130 e. The van der Waals surface area contributed by atoms with Crippen LogP contribution >= 0.6 is 12.2 Å². The van der Waals surface area contributed by atoms with Gasteiger partial charge in [-0.3, -0.25) is 0 Å². The third kappa shape index (κ3) is 2.59. The summed E-state index contributed by atoms with van der Waals surface area (Å²) in [7, 11) is 0. The summed E-state index contributed by atoms with van der Waals surface area (Å²) < 4.78 is 5.58. The van der Waals surface area contributed by atoms with Crippen molar-refractivity contribution in [1.82, 2.24) is 4.98 Å². The Morgan fingerprint density at radius 1 is 1.38 bits per heavy atom. The summed E-state index contributed by atoms with van der Waals surface area (Å²) in [4.78, 5) is 7.46. The van der Waals surface area contributed by atoms with Crippen LogP contribution in [0.1, 0.15) is 19.4 Å². The standard InChI is InChI=1S/C16H19N3OS/c1-16(2)10-20-8-7-19(16)14-9-12(15(17)21)11-5-3-4-6-13(11)18-14/h3-6,9H,7-8,10H2,1-2H3,(H2,17,21). The van der Waals surface area contributed by atoms with Crippen LogP contribution in [-0.2, 0) is 4.74 Å². The maximum Gasteiger partial charge on any atom is 0.130 e. The van der Waals surface area contributed by atoms with E-state index < -0.39 is 0 Å². The van der Waals surface area contributed by atoms with Crippen molar-refractivity contribution in [2.24, 2.45) is 5.73 Å². The lowest BCUT2D eigenvalue weighted by atomic mass is 10.0. The Balaban J connectivity index is 2.17. The zero-order chi connectivity index (χ0) is 15.0. The molecule has 3 rings (SSSR count). The van der Waals surface area contributed by atoms with Crippen LogP contribution in [0.4, 0.5) is 5.82 Å². The summed E-state index contributed by atoms with van der Waals surface area (Å²) in [5.41, 5.74) is 7.61. The van der Waals surface area contributed by atoms with Gasteiger partial charge in [0.2, 0.25) is 0 Å². The molecule has 0 aliphatic carbocycles. The number of hydrogen-bond acceptors (Lipinski definition) is 4. The third-order valence-corrected chi connectivity index (χ3v) is 4.11. The van der Waals surface area contributed by atoms with Gasteiger partial charge in [0.1, 0.15) is 10.8 Å². The zero-order valence-corrected chi connectivity index (χ0v) is 13.1. The van der Waals surface area contributed by atoms with Crippen molar-refractivity contribution in [2.75, 3.05) is 24.7 Å². The van der Waals surface area contributed by atoms with E-state index in [-0.39, 0.29) is 5.54 Å². The zero-order valence-electron chi connectivity index (χ0n) is 12.3. The van der Waals surface area contributed by atoms with Crippen LogP contribution < -0.4 is 10.6 Å². The number of fused-ring (bicyclic) bond motifs is 1. The second-order valence-electron chi connectivity index (χ2n) is 5.93. The molecule has 1 aromatic heterocycles. The van der Waals surface area contributed by atoms with E-state index in [4.69, 9.17) is 27.7 Å². The van der Waals surface area contributed by atoms with Crippen molar-refractivity contribution < 1.29 is 4.74 Å². The highest BCUT2D eigenvalue weighted by atomic mass is 32.1. The number of nitrogens with zero attached hydrogens (tertiary/aromatic N) is 2. The molecule has 2 heterocycles. The van der Waals surface area contributed by atoms with E-state index in [0.717, 1.165) is 28.8 Å². The van der Waals surface area contributed by atoms with Crippen molar-refractivity contribution >= 4 is 33.9 Å². The van der Waals surface area contributed by atoms with Gasteiger partial charge in [-0.15, -0.1) is 0 Å². The highest BCUT2D eigenvalue weighted by Crippen LogP contribution is 2.29. The van der Waals surface area contributed by atoms with E-state index in [2.05, 4.69) is 18.7 Å². The predicted octanol–water partition coefficient (Wildman–Crippen LogP) is 2.48. The molecule has 0 spiro atoms. The molecule has 1 aliphatic rings. The Labute approximate surface area is 129 Å². The molecule has 0 bridgehead atoms. The van der Waals surface area contributed by atoms with Crippen LogP contribution in [0.25, 0.3) is 10.9 Å². The summed E-state index contributed by atoms with van der Waals surface area (Å²) in [6, 6.07) is 9.95. The van der Waals surface area contributed by atoms with Gasteiger partial charge in [-0.2, -0.15) is 0 Å². The molecule has 0 saturated carbocycles. The normalized spacial score (nSPS) is 17.9. The van der Waals surface area contributed by atoms with E-state index in [1.54, 1.807) is 0 Å². The number of benzene rings is 1. The fraction of sp³-hybridized carbons (Fsp3) is 0.375. The van der Waals surface area contributed by atoms with Crippen LogP contribution in [0.15, 0.2) is 30.3 Å². The Bertz CT molecular complexity index is 699. The number of nitrogens with two attached hydrogens (primary N) is 1. The molecule has 0 amide bonds. The number of pyridine rings is 1. The van der Waals surface area contributed by atoms with Gasteiger partial charge in [0.15, 0.2) is 0 Å². The average Bonchev–Trinajstić information content (AvgIpc) is 2.45. The quantitative estimate of drug-likeness (QED) is 0.864. The number of anilines is 1. The molecule has 4 nitrogen and oxygen atoms in total. The molecule has 2 aromatic rings. The first-order valence-electron chi connectivity index (χ1n) is 7.04. The van der Waals surface area contributed by atoms with Crippen LogP contribution in [0.2, 0.25) is 0 Å². The molecule has 1 aliphatic heterocycles. The summed E-state index contributed by atoms with van der Waals surface area (Å²) in [6.45, 7) is 6.52. The Morgan fingerprint density at radius 3 is 2.86 bits per heavy atom. The number of morpholine rings is 1. The van der Waals surface area contributed by atoms with E-state index >= 15 is 0 Å². The van der Waals surface area contributed by atoms with Crippen LogP contribution in [0.3, 0.4) is 0 Å². The topological polar surface area (TPSA) is 51.4 Å². The maximum atomic E-state index is 5.91. The van der Waals surface area contributed by atoms with Gasteiger partial charge in [0, 0.05) is 17.5 Å². The molecule has 1 fully saturated rings. The first-order valence-corrected chi connectivity index (χ1v) is 7.45. The minimum Gasteiger partial charge on any atom is -0.389 e. The van der Waals surface area contributed by atoms with Gasteiger partial charge < -0.3 is 15.4 Å². The molecule has 0 unspecified atom stereocenters. The lowest BCUT2D eigenvalue weighted by Gasteiger charge is -2.43. The summed E-state index contributed by atoms with van der Waals surface area (Å²) >= 11 is 5.21. The van der Waals surface area contributed by atoms with E-state index in [1.165, 1.54) is 0 Å². The van der Waals surface area contributed by atoms with Crippen LogP contribution in [-0.4, -0.2) is 35.3 Å². The second-order valence-corrected chi connectivity index (χ2v) is 6.37. The minimum atomic E-state index is -0.0960. The van der Waals surface area contributed by atoms with Crippen molar-refractivity contribution in [3.05, 3.63) is 35.9 Å². The summed E-state index contributed by atoms with van der Waals surface area (Å²) in [6.07, 6.45) is 0. The second kappa shape index (κ2) is 5.24. The molecule has 2 N–H and O–H groups in total. The number of aromatic nitrogens is 1. The maximum absolute atomic E-state index is 5.91. The first kappa shape index (κ1) is 14.2. The highest BCUT2D eigenvalue weighted by Gasteiger charge is 2.32. The molecule has 110 valence electrons. The van der Waals surface area contributed by atoms with Crippen molar-refractivity contribution in [1.29, 1.82) is 0 Å². The number of ether oxygens (including phenoxy) is 1. The largest absolute Gasteiger partial charge is 0.389 e. The minimum absolute atomic E-state index is 0.0960. The fourth-order valence-corrected chi connectivity index (χ4v) is 2.96. The van der Waals surface area contributed by atoms with Gasteiger partial charge in [-0.05, 0) is 26.0 Å². The first-order chi connectivity index (χ1) is 9.99. The molecular formula is C16H19N3OS. The highest BCUT2D eigenvalue weighted by molar-refractivity contribution is 7.80.